The van der Waals surface area contributed by atoms with Gasteiger partial charge in [0.15, 0.2) is 0 Å². The number of hydrogen-bond acceptors (Lipinski definition) is 3. The van der Waals surface area contributed by atoms with Gasteiger partial charge in [0.25, 0.3) is 0 Å². The van der Waals surface area contributed by atoms with Crippen LogP contribution in [0.5, 0.6) is 5.75 Å². The third kappa shape index (κ3) is 2.05. The Morgan fingerprint density at radius 3 is 3.25 bits per heavy atom. The van der Waals surface area contributed by atoms with Gasteiger partial charge in [-0.25, -0.2) is 0 Å². The fourth-order valence-corrected chi connectivity index (χ4v) is 2.63. The summed E-state index contributed by atoms with van der Waals surface area (Å²) in [6.45, 7) is 3.53. The first-order chi connectivity index (χ1) is 7.92. The molecule has 16 heavy (non-hydrogen) atoms. The molecule has 0 spiro atoms. The van der Waals surface area contributed by atoms with E-state index in [-0.39, 0.29) is 0 Å². The molecule has 3 heteroatoms. The van der Waals surface area contributed by atoms with Gasteiger partial charge in [0, 0.05) is 25.7 Å². The number of aromatic nitrogens is 1. The molecule has 3 nitrogen and oxygen atoms in total. The lowest BCUT2D eigenvalue weighted by Gasteiger charge is -2.19. The molecule has 0 radical (unpaired) electrons. The van der Waals surface area contributed by atoms with Crippen molar-refractivity contribution in [1.29, 1.82) is 0 Å². The van der Waals surface area contributed by atoms with Gasteiger partial charge in [-0.3, -0.25) is 4.98 Å². The molecule has 0 amide bonds. The Balaban J connectivity index is 1.90. The number of hydrogen-bond donors (Lipinski definition) is 0. The van der Waals surface area contributed by atoms with E-state index in [1.54, 1.807) is 0 Å². The highest BCUT2D eigenvalue weighted by Crippen LogP contribution is 2.24. The average Bonchev–Trinajstić information content (AvgIpc) is 2.50. The van der Waals surface area contributed by atoms with Crippen molar-refractivity contribution in [3.63, 3.8) is 0 Å². The Labute approximate surface area is 96.4 Å². The summed E-state index contributed by atoms with van der Waals surface area (Å²) in [5.74, 6) is 1.01. The second-order valence-corrected chi connectivity index (χ2v) is 4.71. The van der Waals surface area contributed by atoms with Crippen molar-refractivity contribution in [2.24, 2.45) is 0 Å². The maximum absolute atomic E-state index is 6.09. The summed E-state index contributed by atoms with van der Waals surface area (Å²) >= 11 is 0. The van der Waals surface area contributed by atoms with Crippen LogP contribution in [0, 0.1) is 0 Å². The summed E-state index contributed by atoms with van der Waals surface area (Å²) in [7, 11) is 0. The standard InChI is InChI=1S/C13H18N2O/c1-4-13-12(14-7-1)6-10-15-8-2-3-11(16-13)5-9-15/h1,4,7,11H,2-3,5-6,8-10H2/t11-/m1/s1. The highest BCUT2D eigenvalue weighted by atomic mass is 16.5. The summed E-state index contributed by atoms with van der Waals surface area (Å²) in [5.41, 5.74) is 1.13. The van der Waals surface area contributed by atoms with Gasteiger partial charge < -0.3 is 9.64 Å². The van der Waals surface area contributed by atoms with Crippen LogP contribution in [0.3, 0.4) is 0 Å². The smallest absolute Gasteiger partial charge is 0.141 e. The highest BCUT2D eigenvalue weighted by molar-refractivity contribution is 5.27. The lowest BCUT2D eigenvalue weighted by Crippen LogP contribution is -2.27. The molecule has 0 aliphatic carbocycles. The van der Waals surface area contributed by atoms with Crippen LogP contribution in [0.4, 0.5) is 0 Å². The van der Waals surface area contributed by atoms with E-state index in [4.69, 9.17) is 4.74 Å². The van der Waals surface area contributed by atoms with Crippen LogP contribution >= 0.6 is 0 Å². The minimum Gasteiger partial charge on any atom is -0.488 e. The summed E-state index contributed by atoms with van der Waals surface area (Å²) in [5, 5.41) is 0. The molecule has 1 fully saturated rings. The topological polar surface area (TPSA) is 25.4 Å². The van der Waals surface area contributed by atoms with Crippen LogP contribution in [0.25, 0.3) is 0 Å². The number of rotatable bonds is 0. The van der Waals surface area contributed by atoms with E-state index in [9.17, 15) is 0 Å². The van der Waals surface area contributed by atoms with Crippen molar-refractivity contribution < 1.29 is 4.74 Å². The predicted octanol–water partition coefficient (Wildman–Crippen LogP) is 1.87. The van der Waals surface area contributed by atoms with E-state index in [2.05, 4.69) is 16.0 Å². The number of fused-ring (bicyclic) bond motifs is 4. The van der Waals surface area contributed by atoms with Gasteiger partial charge in [-0.1, -0.05) is 0 Å². The van der Waals surface area contributed by atoms with Gasteiger partial charge in [0.2, 0.25) is 0 Å². The summed E-state index contributed by atoms with van der Waals surface area (Å²) in [6.07, 6.45) is 6.89. The Morgan fingerprint density at radius 1 is 1.25 bits per heavy atom. The molecule has 0 aromatic carbocycles. The third-order valence-electron chi connectivity index (χ3n) is 3.57. The Kier molecular flexibility index (Phi) is 2.79. The first-order valence-electron chi connectivity index (χ1n) is 6.25. The van der Waals surface area contributed by atoms with E-state index in [0.29, 0.717) is 6.10 Å². The molecule has 0 N–H and O–H groups in total. The van der Waals surface area contributed by atoms with Crippen LogP contribution in [-0.2, 0) is 6.42 Å². The molecule has 3 rings (SSSR count). The lowest BCUT2D eigenvalue weighted by atomic mass is 10.1. The monoisotopic (exact) mass is 218 g/mol. The fraction of sp³-hybridized carbons (Fsp3) is 0.615. The van der Waals surface area contributed by atoms with E-state index < -0.39 is 0 Å². The molecule has 1 aromatic heterocycles. The second-order valence-electron chi connectivity index (χ2n) is 4.71. The lowest BCUT2D eigenvalue weighted by molar-refractivity contribution is 0.183. The number of nitrogens with zero attached hydrogens (tertiary/aromatic N) is 2. The molecule has 2 bridgehead atoms. The third-order valence-corrected chi connectivity index (χ3v) is 3.57. The molecule has 3 heterocycles. The van der Waals surface area contributed by atoms with Crippen LogP contribution in [0.2, 0.25) is 0 Å². The number of ether oxygens (including phenoxy) is 1. The van der Waals surface area contributed by atoms with Crippen molar-refractivity contribution in [3.05, 3.63) is 24.0 Å². The van der Waals surface area contributed by atoms with Crippen molar-refractivity contribution in [3.8, 4) is 5.75 Å². The largest absolute Gasteiger partial charge is 0.488 e. The van der Waals surface area contributed by atoms with Gasteiger partial charge in [0.05, 0.1) is 5.69 Å². The molecule has 2 aliphatic heterocycles. The molecular weight excluding hydrogens is 200 g/mol. The van der Waals surface area contributed by atoms with E-state index in [0.717, 1.165) is 30.8 Å². The van der Waals surface area contributed by atoms with Crippen LogP contribution in [0.15, 0.2) is 18.3 Å². The first kappa shape index (κ1) is 10.1. The Morgan fingerprint density at radius 2 is 2.25 bits per heavy atom. The van der Waals surface area contributed by atoms with Crippen molar-refractivity contribution in [2.45, 2.75) is 31.8 Å². The molecule has 2 aliphatic rings. The minimum atomic E-state index is 0.394. The van der Waals surface area contributed by atoms with Gasteiger partial charge in [-0.15, -0.1) is 0 Å². The van der Waals surface area contributed by atoms with Gasteiger partial charge in [-0.05, 0) is 37.9 Å². The van der Waals surface area contributed by atoms with Crippen LogP contribution in [0.1, 0.15) is 25.0 Å². The van der Waals surface area contributed by atoms with Crippen molar-refractivity contribution in [2.75, 3.05) is 19.6 Å². The molecular formula is C13H18N2O. The first-order valence-corrected chi connectivity index (χ1v) is 6.25. The normalized spacial score (nSPS) is 29.2. The zero-order valence-corrected chi connectivity index (χ0v) is 9.56. The summed E-state index contributed by atoms with van der Waals surface area (Å²) < 4.78 is 6.09. The maximum Gasteiger partial charge on any atom is 0.141 e. The molecule has 1 aromatic rings. The Bertz CT molecular complexity index is 367. The van der Waals surface area contributed by atoms with E-state index >= 15 is 0 Å². The summed E-state index contributed by atoms with van der Waals surface area (Å²) in [6, 6.07) is 4.03. The van der Waals surface area contributed by atoms with Crippen LogP contribution in [-0.4, -0.2) is 35.6 Å². The zero-order valence-electron chi connectivity index (χ0n) is 9.56. The van der Waals surface area contributed by atoms with Gasteiger partial charge >= 0.3 is 0 Å². The molecule has 1 unspecified atom stereocenters. The quantitative estimate of drug-likeness (QED) is 0.664. The Hall–Kier alpha value is -1.09. The number of pyridine rings is 1. The predicted molar refractivity (Wildman–Crippen MR) is 62.6 cm³/mol. The maximum atomic E-state index is 6.09. The highest BCUT2D eigenvalue weighted by Gasteiger charge is 2.21. The SMILES string of the molecule is c1cnc2c(c1)O[C@@H]1CCCN(CC2)CC1. The van der Waals surface area contributed by atoms with Crippen molar-refractivity contribution >= 4 is 0 Å². The fourth-order valence-electron chi connectivity index (χ4n) is 2.63. The molecule has 1 saturated heterocycles. The second kappa shape index (κ2) is 4.42. The van der Waals surface area contributed by atoms with Gasteiger partial charge in [-0.2, -0.15) is 0 Å². The minimum absolute atomic E-state index is 0.394. The van der Waals surface area contributed by atoms with E-state index in [1.165, 1.54) is 25.9 Å². The molecule has 86 valence electrons. The zero-order chi connectivity index (χ0) is 10.8. The van der Waals surface area contributed by atoms with Crippen molar-refractivity contribution in [1.82, 2.24) is 9.88 Å². The molecule has 0 saturated carbocycles. The summed E-state index contributed by atoms with van der Waals surface area (Å²) in [4.78, 5) is 6.99. The van der Waals surface area contributed by atoms with E-state index in [1.807, 2.05) is 12.3 Å². The molecule has 2 atom stereocenters. The van der Waals surface area contributed by atoms with Gasteiger partial charge in [0.1, 0.15) is 11.9 Å². The average molecular weight is 218 g/mol. The van der Waals surface area contributed by atoms with Crippen LogP contribution < -0.4 is 4.74 Å².